The van der Waals surface area contributed by atoms with Crippen molar-refractivity contribution in [2.24, 2.45) is 0 Å². The molecule has 0 spiro atoms. The van der Waals surface area contributed by atoms with Crippen LogP contribution in [0.25, 0.3) is 5.78 Å². The number of aromatic nitrogens is 5. The van der Waals surface area contributed by atoms with Gasteiger partial charge in [0.15, 0.2) is 0 Å². The van der Waals surface area contributed by atoms with E-state index in [1.165, 1.54) is 11.9 Å². The minimum atomic E-state index is 0.605. The molecule has 0 saturated heterocycles. The minimum Gasteiger partial charge on any atom is -0.364 e. The SMILES string of the molecule is Cc1conc1CNc1c2c(nc3ncnn13)CCC2. The van der Waals surface area contributed by atoms with Gasteiger partial charge >= 0.3 is 0 Å². The van der Waals surface area contributed by atoms with Crippen molar-refractivity contribution < 1.29 is 4.52 Å². The first-order valence-corrected chi connectivity index (χ1v) is 6.68. The molecule has 3 aromatic heterocycles. The monoisotopic (exact) mass is 270 g/mol. The average molecular weight is 270 g/mol. The average Bonchev–Trinajstić information content (AvgIpc) is 3.14. The number of fused-ring (bicyclic) bond motifs is 2. The molecule has 4 rings (SSSR count). The van der Waals surface area contributed by atoms with E-state index in [1.807, 2.05) is 6.92 Å². The fourth-order valence-electron chi connectivity index (χ4n) is 2.65. The van der Waals surface area contributed by atoms with Gasteiger partial charge in [-0.25, -0.2) is 4.98 Å². The molecular weight excluding hydrogens is 256 g/mol. The Kier molecular flexibility index (Phi) is 2.45. The van der Waals surface area contributed by atoms with E-state index in [0.29, 0.717) is 12.3 Å². The van der Waals surface area contributed by atoms with E-state index in [1.54, 1.807) is 10.8 Å². The van der Waals surface area contributed by atoms with Crippen molar-refractivity contribution in [3.05, 3.63) is 35.1 Å². The van der Waals surface area contributed by atoms with Gasteiger partial charge in [-0.1, -0.05) is 5.16 Å². The molecule has 0 amide bonds. The molecule has 0 aromatic carbocycles. The Balaban J connectivity index is 1.75. The topological polar surface area (TPSA) is 81.1 Å². The zero-order valence-electron chi connectivity index (χ0n) is 11.1. The van der Waals surface area contributed by atoms with Gasteiger partial charge in [-0.15, -0.1) is 0 Å². The summed E-state index contributed by atoms with van der Waals surface area (Å²) in [6.07, 6.45) is 6.35. The molecular formula is C13H14N6O. The van der Waals surface area contributed by atoms with E-state index in [9.17, 15) is 0 Å². The third kappa shape index (κ3) is 1.66. The molecule has 0 aliphatic heterocycles. The Hall–Kier alpha value is -2.44. The fraction of sp³-hybridized carbons (Fsp3) is 0.385. The Morgan fingerprint density at radius 3 is 3.20 bits per heavy atom. The largest absolute Gasteiger partial charge is 0.364 e. The van der Waals surface area contributed by atoms with Crippen molar-refractivity contribution >= 4 is 11.6 Å². The highest BCUT2D eigenvalue weighted by Gasteiger charge is 2.21. The van der Waals surface area contributed by atoms with Crippen molar-refractivity contribution in [2.45, 2.75) is 32.7 Å². The maximum atomic E-state index is 4.96. The molecule has 7 heteroatoms. The molecule has 3 aromatic rings. The normalized spacial score (nSPS) is 13.8. The lowest BCUT2D eigenvalue weighted by Crippen LogP contribution is -2.11. The van der Waals surface area contributed by atoms with Crippen LogP contribution in [-0.2, 0) is 19.4 Å². The summed E-state index contributed by atoms with van der Waals surface area (Å²) in [6.45, 7) is 2.59. The quantitative estimate of drug-likeness (QED) is 0.777. The van der Waals surface area contributed by atoms with Crippen LogP contribution in [0.2, 0.25) is 0 Å². The lowest BCUT2D eigenvalue weighted by atomic mass is 10.2. The summed E-state index contributed by atoms with van der Waals surface area (Å²) in [6, 6.07) is 0. The Labute approximate surface area is 115 Å². The molecule has 0 radical (unpaired) electrons. The van der Waals surface area contributed by atoms with Gasteiger partial charge in [-0.05, 0) is 26.2 Å². The highest BCUT2D eigenvalue weighted by molar-refractivity contribution is 5.54. The molecule has 0 atom stereocenters. The first-order valence-electron chi connectivity index (χ1n) is 6.68. The van der Waals surface area contributed by atoms with Gasteiger partial charge in [0.25, 0.3) is 5.78 Å². The highest BCUT2D eigenvalue weighted by atomic mass is 16.5. The standard InChI is InChI=1S/C13H14N6O/c1-8-6-20-18-11(8)5-14-12-9-3-2-4-10(9)17-13-15-7-16-19(12)13/h6-7,14H,2-5H2,1H3. The predicted molar refractivity (Wildman–Crippen MR) is 71.4 cm³/mol. The molecule has 1 aliphatic rings. The second-order valence-corrected chi connectivity index (χ2v) is 5.01. The second kappa shape index (κ2) is 4.29. The molecule has 0 bridgehead atoms. The first kappa shape index (κ1) is 11.4. The van der Waals surface area contributed by atoms with Crippen LogP contribution in [0.15, 0.2) is 17.1 Å². The van der Waals surface area contributed by atoms with Crippen molar-refractivity contribution in [3.8, 4) is 0 Å². The van der Waals surface area contributed by atoms with Crippen LogP contribution in [0.1, 0.15) is 28.9 Å². The lowest BCUT2D eigenvalue weighted by Gasteiger charge is -2.11. The summed E-state index contributed by atoms with van der Waals surface area (Å²) < 4.78 is 6.73. The van der Waals surface area contributed by atoms with Crippen molar-refractivity contribution in [3.63, 3.8) is 0 Å². The number of rotatable bonds is 3. The first-order chi connectivity index (χ1) is 9.83. The lowest BCUT2D eigenvalue weighted by molar-refractivity contribution is 0.412. The van der Waals surface area contributed by atoms with Gasteiger partial charge in [0, 0.05) is 11.1 Å². The number of hydrogen-bond acceptors (Lipinski definition) is 6. The van der Waals surface area contributed by atoms with E-state index in [4.69, 9.17) is 4.52 Å². The molecule has 3 heterocycles. The fourth-order valence-corrected chi connectivity index (χ4v) is 2.65. The van der Waals surface area contributed by atoms with E-state index in [-0.39, 0.29) is 0 Å². The predicted octanol–water partition coefficient (Wildman–Crippen LogP) is 1.52. The number of anilines is 1. The highest BCUT2D eigenvalue weighted by Crippen LogP contribution is 2.28. The van der Waals surface area contributed by atoms with Crippen LogP contribution >= 0.6 is 0 Å². The summed E-state index contributed by atoms with van der Waals surface area (Å²) in [5, 5.41) is 11.7. The second-order valence-electron chi connectivity index (χ2n) is 5.01. The van der Waals surface area contributed by atoms with E-state index in [2.05, 4.69) is 25.5 Å². The molecule has 102 valence electrons. The van der Waals surface area contributed by atoms with Crippen LogP contribution in [0.4, 0.5) is 5.82 Å². The molecule has 0 saturated carbocycles. The molecule has 7 nitrogen and oxygen atoms in total. The Morgan fingerprint density at radius 1 is 1.40 bits per heavy atom. The minimum absolute atomic E-state index is 0.605. The van der Waals surface area contributed by atoms with Crippen LogP contribution in [-0.4, -0.2) is 24.7 Å². The third-order valence-electron chi connectivity index (χ3n) is 3.72. The summed E-state index contributed by atoms with van der Waals surface area (Å²) in [7, 11) is 0. The van der Waals surface area contributed by atoms with Crippen LogP contribution in [0, 0.1) is 6.92 Å². The summed E-state index contributed by atoms with van der Waals surface area (Å²) in [5.41, 5.74) is 4.31. The Bertz CT molecular complexity index is 774. The number of nitrogens with one attached hydrogen (secondary N) is 1. The molecule has 1 aliphatic carbocycles. The third-order valence-corrected chi connectivity index (χ3v) is 3.72. The molecule has 0 unspecified atom stereocenters. The molecule has 20 heavy (non-hydrogen) atoms. The maximum absolute atomic E-state index is 4.96. The summed E-state index contributed by atoms with van der Waals surface area (Å²) >= 11 is 0. The van der Waals surface area contributed by atoms with Crippen LogP contribution in [0.3, 0.4) is 0 Å². The number of nitrogens with zero attached hydrogens (tertiary/aromatic N) is 5. The van der Waals surface area contributed by atoms with E-state index >= 15 is 0 Å². The Morgan fingerprint density at radius 2 is 2.35 bits per heavy atom. The van der Waals surface area contributed by atoms with Gasteiger partial charge in [-0.2, -0.15) is 14.6 Å². The van der Waals surface area contributed by atoms with Gasteiger partial charge in [0.2, 0.25) is 0 Å². The number of hydrogen-bond donors (Lipinski definition) is 1. The summed E-state index contributed by atoms with van der Waals surface area (Å²) in [4.78, 5) is 8.74. The molecule has 0 fully saturated rings. The van der Waals surface area contributed by atoms with Crippen molar-refractivity contribution in [2.75, 3.05) is 5.32 Å². The van der Waals surface area contributed by atoms with Gasteiger partial charge in [0.05, 0.1) is 12.2 Å². The molecule has 1 N–H and O–H groups in total. The maximum Gasteiger partial charge on any atom is 0.254 e. The van der Waals surface area contributed by atoms with E-state index in [0.717, 1.165) is 42.0 Å². The van der Waals surface area contributed by atoms with Gasteiger partial charge in [0.1, 0.15) is 24.1 Å². The number of aryl methyl sites for hydroxylation is 2. The van der Waals surface area contributed by atoms with Crippen molar-refractivity contribution in [1.82, 2.24) is 24.7 Å². The van der Waals surface area contributed by atoms with Crippen LogP contribution in [0.5, 0.6) is 0 Å². The van der Waals surface area contributed by atoms with Crippen molar-refractivity contribution in [1.29, 1.82) is 0 Å². The zero-order valence-corrected chi connectivity index (χ0v) is 11.1. The van der Waals surface area contributed by atoms with Gasteiger partial charge < -0.3 is 9.84 Å². The van der Waals surface area contributed by atoms with Crippen LogP contribution < -0.4 is 5.32 Å². The summed E-state index contributed by atoms with van der Waals surface area (Å²) in [5.74, 6) is 1.62. The zero-order chi connectivity index (χ0) is 13.5. The van der Waals surface area contributed by atoms with Gasteiger partial charge in [-0.3, -0.25) is 0 Å². The van der Waals surface area contributed by atoms with E-state index < -0.39 is 0 Å². The smallest absolute Gasteiger partial charge is 0.254 e.